The summed E-state index contributed by atoms with van der Waals surface area (Å²) in [6, 6.07) is 22.7. The Bertz CT molecular complexity index is 1140. The van der Waals surface area contributed by atoms with Gasteiger partial charge in [-0.25, -0.2) is 0 Å². The minimum absolute atomic E-state index is 0. The van der Waals surface area contributed by atoms with Crippen LogP contribution in [0, 0.1) is 0 Å². The molecule has 0 aromatic heterocycles. The number of carbonyl (C=O) groups is 1. The Morgan fingerprint density at radius 3 is 2.41 bits per heavy atom. The molecule has 3 aromatic rings. The fourth-order valence-corrected chi connectivity index (χ4v) is 5.23. The van der Waals surface area contributed by atoms with E-state index in [-0.39, 0.29) is 18.3 Å². The average Bonchev–Trinajstić information content (AvgIpc) is 3.22. The molecule has 3 aromatic carbocycles. The molecule has 1 heterocycles. The quantitative estimate of drug-likeness (QED) is 0.335. The Morgan fingerprint density at radius 1 is 0.853 bits per heavy atom. The summed E-state index contributed by atoms with van der Waals surface area (Å²) >= 11 is 6.34. The van der Waals surface area contributed by atoms with Gasteiger partial charge in [-0.2, -0.15) is 0 Å². The lowest BCUT2D eigenvalue weighted by Crippen LogP contribution is -2.46. The normalized spacial score (nSPS) is 14.8. The lowest BCUT2D eigenvalue weighted by atomic mass is 10.0. The molecule has 0 unspecified atom stereocenters. The van der Waals surface area contributed by atoms with E-state index < -0.39 is 0 Å². The van der Waals surface area contributed by atoms with Gasteiger partial charge < -0.3 is 10.2 Å². The topological polar surface area (TPSA) is 35.6 Å². The molecule has 0 spiro atoms. The van der Waals surface area contributed by atoms with E-state index in [0.29, 0.717) is 0 Å². The summed E-state index contributed by atoms with van der Waals surface area (Å²) in [6.07, 6.45) is 3.00. The summed E-state index contributed by atoms with van der Waals surface area (Å²) in [5, 5.41) is 3.93. The van der Waals surface area contributed by atoms with Gasteiger partial charge in [-0.15, -0.1) is 12.4 Å². The summed E-state index contributed by atoms with van der Waals surface area (Å²) in [6.45, 7) is 5.90. The van der Waals surface area contributed by atoms with Crippen molar-refractivity contribution < 1.29 is 4.79 Å². The monoisotopic (exact) mass is 495 g/mol. The van der Waals surface area contributed by atoms with E-state index >= 15 is 0 Å². The van der Waals surface area contributed by atoms with Gasteiger partial charge in [0.2, 0.25) is 0 Å². The van der Waals surface area contributed by atoms with Crippen LogP contribution in [0.25, 0.3) is 11.1 Å². The van der Waals surface area contributed by atoms with Crippen molar-refractivity contribution >= 4 is 35.6 Å². The maximum atomic E-state index is 12.6. The zero-order valence-corrected chi connectivity index (χ0v) is 20.9. The first-order valence-corrected chi connectivity index (χ1v) is 12.3. The molecule has 1 aliphatic heterocycles. The van der Waals surface area contributed by atoms with E-state index in [4.69, 9.17) is 11.6 Å². The van der Waals surface area contributed by atoms with Crippen LogP contribution in [-0.2, 0) is 6.42 Å². The minimum atomic E-state index is 0. The van der Waals surface area contributed by atoms with Crippen LogP contribution in [0.15, 0.2) is 66.7 Å². The highest BCUT2D eigenvalue weighted by molar-refractivity contribution is 6.33. The molecule has 2 aliphatic rings. The highest BCUT2D eigenvalue weighted by Gasteiger charge is 2.20. The van der Waals surface area contributed by atoms with E-state index in [1.165, 1.54) is 22.3 Å². The highest BCUT2D eigenvalue weighted by atomic mass is 35.5. The summed E-state index contributed by atoms with van der Waals surface area (Å²) in [5.74, 6) is 0.0297. The van der Waals surface area contributed by atoms with Crippen LogP contribution in [0.1, 0.15) is 34.3 Å². The molecule has 34 heavy (non-hydrogen) atoms. The van der Waals surface area contributed by atoms with Gasteiger partial charge in [0.1, 0.15) is 0 Å². The van der Waals surface area contributed by atoms with Crippen LogP contribution in [-0.4, -0.2) is 50.1 Å². The van der Waals surface area contributed by atoms with E-state index in [9.17, 15) is 4.79 Å². The van der Waals surface area contributed by atoms with E-state index in [1.807, 2.05) is 24.3 Å². The summed E-state index contributed by atoms with van der Waals surface area (Å²) in [5.41, 5.74) is 7.05. The number of hydrogen-bond acceptors (Lipinski definition) is 3. The Hall–Kier alpha value is -2.53. The molecule has 0 radical (unpaired) electrons. The number of hydrogen-bond donors (Lipinski definition) is 1. The fourth-order valence-electron chi connectivity index (χ4n) is 4.97. The molecule has 1 aliphatic carbocycles. The first-order valence-electron chi connectivity index (χ1n) is 11.9. The second-order valence-corrected chi connectivity index (χ2v) is 9.36. The molecule has 0 atom stereocenters. The number of para-hydroxylation sites is 1. The number of carbonyl (C=O) groups excluding carboxylic acids is 1. The predicted molar refractivity (Wildman–Crippen MR) is 144 cm³/mol. The lowest BCUT2D eigenvalue weighted by molar-refractivity contribution is 0.0952. The highest BCUT2D eigenvalue weighted by Crippen LogP contribution is 2.36. The molecule has 5 rings (SSSR count). The number of anilines is 1. The van der Waals surface area contributed by atoms with Gasteiger partial charge >= 0.3 is 0 Å². The molecule has 6 heteroatoms. The van der Waals surface area contributed by atoms with Gasteiger partial charge in [-0.3, -0.25) is 9.69 Å². The Morgan fingerprint density at radius 2 is 1.59 bits per heavy atom. The van der Waals surface area contributed by atoms with Crippen molar-refractivity contribution in [3.05, 3.63) is 88.4 Å². The van der Waals surface area contributed by atoms with Crippen molar-refractivity contribution in [1.82, 2.24) is 10.2 Å². The third-order valence-corrected chi connectivity index (χ3v) is 7.13. The van der Waals surface area contributed by atoms with Gasteiger partial charge in [0.05, 0.1) is 10.7 Å². The second kappa shape index (κ2) is 11.3. The Kier molecular flexibility index (Phi) is 8.15. The zero-order valence-electron chi connectivity index (χ0n) is 19.3. The molecule has 1 N–H and O–H groups in total. The lowest BCUT2D eigenvalue weighted by Gasteiger charge is -2.36. The SMILES string of the molecule is Cl.O=C(NCCCCN1CCN(c2ccccc2Cl)CC1)c1ccc2c(c1)Cc1ccccc1-2. The number of unbranched alkanes of at least 4 members (excludes halogenated alkanes) is 1. The predicted octanol–water partition coefficient (Wildman–Crippen LogP) is 5.67. The van der Waals surface area contributed by atoms with Crippen molar-refractivity contribution in [2.24, 2.45) is 0 Å². The van der Waals surface area contributed by atoms with Crippen LogP contribution >= 0.6 is 24.0 Å². The van der Waals surface area contributed by atoms with Gasteiger partial charge in [0.15, 0.2) is 0 Å². The van der Waals surface area contributed by atoms with Gasteiger partial charge in [0, 0.05) is 38.3 Å². The van der Waals surface area contributed by atoms with E-state index in [1.54, 1.807) is 0 Å². The molecule has 178 valence electrons. The number of halogens is 2. The Balaban J connectivity index is 0.00000274. The fraction of sp³-hybridized carbons (Fsp3) is 0.321. The summed E-state index contributed by atoms with van der Waals surface area (Å²) in [4.78, 5) is 17.5. The van der Waals surface area contributed by atoms with Crippen molar-refractivity contribution in [3.8, 4) is 11.1 Å². The number of nitrogens with one attached hydrogen (secondary N) is 1. The van der Waals surface area contributed by atoms with Crippen molar-refractivity contribution in [3.63, 3.8) is 0 Å². The summed E-state index contributed by atoms with van der Waals surface area (Å²) in [7, 11) is 0. The van der Waals surface area contributed by atoms with Gasteiger partial charge in [-0.05, 0) is 72.3 Å². The first kappa shape index (κ1) is 24.6. The first-order chi connectivity index (χ1) is 16.2. The molecule has 1 saturated heterocycles. The molecular weight excluding hydrogens is 465 g/mol. The van der Waals surface area contributed by atoms with Crippen molar-refractivity contribution in [2.45, 2.75) is 19.3 Å². The van der Waals surface area contributed by atoms with Crippen molar-refractivity contribution in [1.29, 1.82) is 0 Å². The third kappa shape index (κ3) is 5.41. The maximum absolute atomic E-state index is 12.6. The largest absolute Gasteiger partial charge is 0.368 e. The number of amides is 1. The van der Waals surface area contributed by atoms with Gasteiger partial charge in [0.25, 0.3) is 5.91 Å². The molecule has 1 amide bonds. The Labute approximate surface area is 213 Å². The number of piperazine rings is 1. The third-order valence-electron chi connectivity index (χ3n) is 6.81. The van der Waals surface area contributed by atoms with Crippen LogP contribution in [0.5, 0.6) is 0 Å². The number of rotatable bonds is 7. The zero-order chi connectivity index (χ0) is 22.6. The smallest absolute Gasteiger partial charge is 0.251 e. The molecular formula is C28H31Cl2N3O. The van der Waals surface area contributed by atoms with E-state index in [0.717, 1.165) is 74.8 Å². The van der Waals surface area contributed by atoms with Crippen LogP contribution in [0.3, 0.4) is 0 Å². The minimum Gasteiger partial charge on any atom is -0.368 e. The van der Waals surface area contributed by atoms with Crippen LogP contribution < -0.4 is 10.2 Å². The number of nitrogens with zero attached hydrogens (tertiary/aromatic N) is 2. The average molecular weight is 496 g/mol. The van der Waals surface area contributed by atoms with Gasteiger partial charge in [-0.1, -0.05) is 54.1 Å². The van der Waals surface area contributed by atoms with E-state index in [2.05, 4.69) is 57.6 Å². The molecule has 0 bridgehead atoms. The molecule has 0 saturated carbocycles. The maximum Gasteiger partial charge on any atom is 0.251 e. The standard InChI is InChI=1S/C28H30ClN3O.ClH/c29-26-9-3-4-10-27(26)32-17-15-31(16-18-32)14-6-5-13-30-28(33)22-11-12-25-23(20-22)19-21-7-1-2-8-24(21)25;/h1-4,7-12,20H,5-6,13-19H2,(H,30,33);1H. The number of fused-ring (bicyclic) bond motifs is 3. The molecule has 1 fully saturated rings. The summed E-state index contributed by atoms with van der Waals surface area (Å²) < 4.78 is 0. The molecule has 4 nitrogen and oxygen atoms in total. The second-order valence-electron chi connectivity index (χ2n) is 8.95. The van der Waals surface area contributed by atoms with Crippen LogP contribution in [0.4, 0.5) is 5.69 Å². The van der Waals surface area contributed by atoms with Crippen LogP contribution in [0.2, 0.25) is 5.02 Å². The van der Waals surface area contributed by atoms with Crippen molar-refractivity contribution in [2.75, 3.05) is 44.2 Å². The number of benzene rings is 3.